The average Bonchev–Trinajstić information content (AvgIpc) is 3.06. The van der Waals surface area contributed by atoms with Crippen LogP contribution in [0.25, 0.3) is 11.1 Å². The molecule has 1 aliphatic heterocycles. The van der Waals surface area contributed by atoms with E-state index in [2.05, 4.69) is 9.88 Å². The van der Waals surface area contributed by atoms with Crippen molar-refractivity contribution in [2.45, 2.75) is 6.92 Å². The topological polar surface area (TPSA) is 78.8 Å². The molecule has 2 heterocycles. The molecule has 7 nitrogen and oxygen atoms in total. The molecule has 0 unspecified atom stereocenters. The molecule has 2 aromatic carbocycles. The second-order valence-corrected chi connectivity index (χ2v) is 6.62. The van der Waals surface area contributed by atoms with Crippen LogP contribution in [0.2, 0.25) is 0 Å². The number of ether oxygens (including phenoxy) is 1. The molecular formula is C20H21N3O4. The molecule has 1 saturated heterocycles. The van der Waals surface area contributed by atoms with Gasteiger partial charge in [0.15, 0.2) is 12.2 Å². The lowest BCUT2D eigenvalue weighted by Gasteiger charge is -2.36. The van der Waals surface area contributed by atoms with Crippen LogP contribution in [0.5, 0.6) is 5.75 Å². The zero-order chi connectivity index (χ0) is 18.8. The number of benzene rings is 2. The molecule has 0 spiro atoms. The Bertz CT molecular complexity index is 1020. The lowest BCUT2D eigenvalue weighted by molar-refractivity contribution is -0.133. The Labute approximate surface area is 156 Å². The van der Waals surface area contributed by atoms with E-state index in [1.54, 1.807) is 6.07 Å². The van der Waals surface area contributed by atoms with Crippen molar-refractivity contribution in [3.63, 3.8) is 0 Å². The first-order valence-electron chi connectivity index (χ1n) is 8.94. The Morgan fingerprint density at radius 1 is 1.15 bits per heavy atom. The van der Waals surface area contributed by atoms with E-state index in [0.29, 0.717) is 24.2 Å². The highest BCUT2D eigenvalue weighted by molar-refractivity contribution is 5.79. The number of piperazine rings is 1. The van der Waals surface area contributed by atoms with Gasteiger partial charge in [0.05, 0.1) is 5.52 Å². The maximum atomic E-state index is 12.4. The number of aryl methyl sites for hydroxylation is 1. The van der Waals surface area contributed by atoms with Gasteiger partial charge in [-0.25, -0.2) is 4.79 Å². The van der Waals surface area contributed by atoms with E-state index in [-0.39, 0.29) is 12.5 Å². The molecule has 1 aromatic heterocycles. The van der Waals surface area contributed by atoms with Crippen LogP contribution in [0, 0.1) is 6.92 Å². The van der Waals surface area contributed by atoms with Gasteiger partial charge in [-0.3, -0.25) is 9.78 Å². The van der Waals surface area contributed by atoms with Crippen molar-refractivity contribution >= 4 is 22.7 Å². The molecule has 27 heavy (non-hydrogen) atoms. The van der Waals surface area contributed by atoms with Gasteiger partial charge in [0, 0.05) is 31.9 Å². The number of aromatic amines is 1. The number of nitrogens with one attached hydrogen (secondary N) is 1. The number of carbonyl (C=O) groups excluding carboxylic acids is 1. The number of hydrogen-bond acceptors (Lipinski definition) is 5. The monoisotopic (exact) mass is 367 g/mol. The van der Waals surface area contributed by atoms with E-state index >= 15 is 0 Å². The van der Waals surface area contributed by atoms with E-state index in [4.69, 9.17) is 9.15 Å². The molecule has 1 N–H and O–H groups in total. The fourth-order valence-corrected chi connectivity index (χ4v) is 3.30. The molecule has 1 aliphatic rings. The van der Waals surface area contributed by atoms with Crippen LogP contribution in [0.4, 0.5) is 5.69 Å². The number of aromatic nitrogens is 1. The highest BCUT2D eigenvalue weighted by Crippen LogP contribution is 2.22. The molecule has 0 radical (unpaired) electrons. The number of rotatable bonds is 4. The number of anilines is 1. The lowest BCUT2D eigenvalue weighted by Crippen LogP contribution is -2.50. The Balaban J connectivity index is 1.34. The van der Waals surface area contributed by atoms with E-state index < -0.39 is 5.76 Å². The molecule has 7 heteroatoms. The Morgan fingerprint density at radius 2 is 1.93 bits per heavy atom. The SMILES string of the molecule is Cc1ccccc1OCC(=O)N1CCN(c2ccc3oc(=O)[nH]c3c2)CC1. The summed E-state index contributed by atoms with van der Waals surface area (Å²) in [6.07, 6.45) is 0. The van der Waals surface area contributed by atoms with Crippen LogP contribution in [-0.4, -0.2) is 48.6 Å². The number of amides is 1. The molecule has 0 aliphatic carbocycles. The minimum absolute atomic E-state index is 0.00693. The summed E-state index contributed by atoms with van der Waals surface area (Å²) < 4.78 is 10.7. The Hall–Kier alpha value is -3.22. The quantitative estimate of drug-likeness (QED) is 0.764. The van der Waals surface area contributed by atoms with Gasteiger partial charge in [0.2, 0.25) is 0 Å². The van der Waals surface area contributed by atoms with Crippen molar-refractivity contribution in [2.75, 3.05) is 37.7 Å². The first-order chi connectivity index (χ1) is 13.1. The second-order valence-electron chi connectivity index (χ2n) is 6.62. The predicted octanol–water partition coefficient (Wildman–Crippen LogP) is 2.16. The van der Waals surface area contributed by atoms with E-state index in [1.807, 2.05) is 48.2 Å². The maximum absolute atomic E-state index is 12.4. The maximum Gasteiger partial charge on any atom is 0.417 e. The van der Waals surface area contributed by atoms with Gasteiger partial charge in [-0.15, -0.1) is 0 Å². The van der Waals surface area contributed by atoms with Crippen molar-refractivity contribution in [3.05, 3.63) is 58.6 Å². The molecule has 0 bridgehead atoms. The number of oxazole rings is 1. The van der Waals surface area contributed by atoms with Crippen molar-refractivity contribution in [3.8, 4) is 5.75 Å². The molecule has 0 atom stereocenters. The third-order valence-electron chi connectivity index (χ3n) is 4.84. The Kier molecular flexibility index (Phi) is 4.58. The fraction of sp³-hybridized carbons (Fsp3) is 0.300. The molecule has 140 valence electrons. The summed E-state index contributed by atoms with van der Waals surface area (Å²) in [6.45, 7) is 4.73. The Morgan fingerprint density at radius 3 is 2.70 bits per heavy atom. The number of H-pyrrole nitrogens is 1. The zero-order valence-electron chi connectivity index (χ0n) is 15.1. The third kappa shape index (κ3) is 3.67. The van der Waals surface area contributed by atoms with Crippen LogP contribution in [0.1, 0.15) is 5.56 Å². The summed E-state index contributed by atoms with van der Waals surface area (Å²) in [5.41, 5.74) is 3.25. The van der Waals surface area contributed by atoms with Crippen LogP contribution >= 0.6 is 0 Å². The van der Waals surface area contributed by atoms with Gasteiger partial charge in [-0.1, -0.05) is 18.2 Å². The number of para-hydroxylation sites is 1. The molecule has 3 aromatic rings. The van der Waals surface area contributed by atoms with Crippen LogP contribution in [0.3, 0.4) is 0 Å². The van der Waals surface area contributed by atoms with Crippen LogP contribution in [-0.2, 0) is 4.79 Å². The molecule has 1 amide bonds. The van der Waals surface area contributed by atoms with Crippen LogP contribution < -0.4 is 15.4 Å². The highest BCUT2D eigenvalue weighted by atomic mass is 16.5. The molecular weight excluding hydrogens is 346 g/mol. The first-order valence-corrected chi connectivity index (χ1v) is 8.94. The standard InChI is InChI=1S/C20H21N3O4/c1-14-4-2-3-5-17(14)26-13-19(24)23-10-8-22(9-11-23)15-6-7-18-16(12-15)21-20(25)27-18/h2-7,12H,8-11,13H2,1H3,(H,21,25). The summed E-state index contributed by atoms with van der Waals surface area (Å²) in [4.78, 5) is 30.4. The number of fused-ring (bicyclic) bond motifs is 1. The summed E-state index contributed by atoms with van der Waals surface area (Å²) in [5, 5.41) is 0. The van der Waals surface area contributed by atoms with Crippen molar-refractivity contribution < 1.29 is 13.9 Å². The van der Waals surface area contributed by atoms with Gasteiger partial charge in [-0.2, -0.15) is 0 Å². The van der Waals surface area contributed by atoms with Crippen LogP contribution in [0.15, 0.2) is 51.7 Å². The number of carbonyl (C=O) groups is 1. The third-order valence-corrected chi connectivity index (χ3v) is 4.84. The smallest absolute Gasteiger partial charge is 0.417 e. The van der Waals surface area contributed by atoms with E-state index in [1.165, 1.54) is 0 Å². The number of nitrogens with zero attached hydrogens (tertiary/aromatic N) is 2. The second kappa shape index (κ2) is 7.19. The lowest BCUT2D eigenvalue weighted by atomic mass is 10.2. The van der Waals surface area contributed by atoms with Gasteiger partial charge >= 0.3 is 5.76 Å². The molecule has 4 rings (SSSR count). The van der Waals surface area contributed by atoms with Crippen molar-refractivity contribution in [2.24, 2.45) is 0 Å². The zero-order valence-corrected chi connectivity index (χ0v) is 15.1. The fourth-order valence-electron chi connectivity index (χ4n) is 3.30. The minimum atomic E-state index is -0.453. The first kappa shape index (κ1) is 17.2. The van der Waals surface area contributed by atoms with Gasteiger partial charge in [0.25, 0.3) is 5.91 Å². The van der Waals surface area contributed by atoms with Gasteiger partial charge in [-0.05, 0) is 36.8 Å². The van der Waals surface area contributed by atoms with E-state index in [0.717, 1.165) is 30.1 Å². The highest BCUT2D eigenvalue weighted by Gasteiger charge is 2.22. The summed E-state index contributed by atoms with van der Waals surface area (Å²) in [7, 11) is 0. The number of hydrogen-bond donors (Lipinski definition) is 1. The summed E-state index contributed by atoms with van der Waals surface area (Å²) >= 11 is 0. The largest absolute Gasteiger partial charge is 0.484 e. The average molecular weight is 367 g/mol. The summed E-state index contributed by atoms with van der Waals surface area (Å²) in [6, 6.07) is 13.3. The molecule has 1 fully saturated rings. The van der Waals surface area contributed by atoms with Gasteiger partial charge < -0.3 is 19.0 Å². The van der Waals surface area contributed by atoms with Crippen molar-refractivity contribution in [1.29, 1.82) is 0 Å². The normalized spacial score (nSPS) is 14.6. The summed E-state index contributed by atoms with van der Waals surface area (Å²) in [5.74, 6) is 0.283. The molecule has 0 saturated carbocycles. The van der Waals surface area contributed by atoms with Gasteiger partial charge in [0.1, 0.15) is 5.75 Å². The van der Waals surface area contributed by atoms with Crippen molar-refractivity contribution in [1.82, 2.24) is 9.88 Å². The van der Waals surface area contributed by atoms with E-state index in [9.17, 15) is 9.59 Å². The predicted molar refractivity (Wildman–Crippen MR) is 102 cm³/mol. The minimum Gasteiger partial charge on any atom is -0.484 e.